The molecule has 0 heterocycles. The summed E-state index contributed by atoms with van der Waals surface area (Å²) in [6.45, 7) is 4.08. The summed E-state index contributed by atoms with van der Waals surface area (Å²) in [5, 5.41) is 9.24. The Kier molecular flexibility index (Phi) is 7.30. The third kappa shape index (κ3) is 6.34. The van der Waals surface area contributed by atoms with Crippen molar-refractivity contribution < 1.29 is 14.6 Å². The fourth-order valence-electron chi connectivity index (χ4n) is 0.895. The highest BCUT2D eigenvalue weighted by atomic mass is 16.5. The maximum atomic E-state index is 10.9. The predicted molar refractivity (Wildman–Crippen MR) is 51.3 cm³/mol. The molecule has 0 saturated heterocycles. The second kappa shape index (κ2) is 7.80. The van der Waals surface area contributed by atoms with Gasteiger partial charge in [0.05, 0.1) is 6.61 Å². The maximum absolute atomic E-state index is 10.9. The number of allylic oxidation sites excluding steroid dienone is 2. The summed E-state index contributed by atoms with van der Waals surface area (Å²) in [6, 6.07) is 0. The van der Waals surface area contributed by atoms with Crippen molar-refractivity contribution in [3.8, 4) is 0 Å². The van der Waals surface area contributed by atoms with Crippen LogP contribution in [0.2, 0.25) is 0 Å². The molecule has 1 unspecified atom stereocenters. The van der Waals surface area contributed by atoms with Crippen LogP contribution in [0.4, 0.5) is 0 Å². The SMILES string of the molecule is CCC=CCCC(O)C(=O)OCC. The molecule has 13 heavy (non-hydrogen) atoms. The topological polar surface area (TPSA) is 46.5 Å². The molecule has 0 aromatic heterocycles. The molecule has 0 amide bonds. The number of rotatable bonds is 6. The summed E-state index contributed by atoms with van der Waals surface area (Å²) in [5.41, 5.74) is 0. The van der Waals surface area contributed by atoms with E-state index in [0.29, 0.717) is 19.4 Å². The van der Waals surface area contributed by atoms with Gasteiger partial charge in [0.25, 0.3) is 0 Å². The lowest BCUT2D eigenvalue weighted by Gasteiger charge is -2.07. The van der Waals surface area contributed by atoms with E-state index in [-0.39, 0.29) is 0 Å². The molecule has 0 aromatic carbocycles. The second-order valence-electron chi connectivity index (χ2n) is 2.72. The van der Waals surface area contributed by atoms with Gasteiger partial charge < -0.3 is 9.84 Å². The lowest BCUT2D eigenvalue weighted by Crippen LogP contribution is -2.22. The molecule has 3 heteroatoms. The zero-order valence-corrected chi connectivity index (χ0v) is 8.32. The number of hydrogen-bond donors (Lipinski definition) is 1. The van der Waals surface area contributed by atoms with Crippen LogP contribution >= 0.6 is 0 Å². The van der Waals surface area contributed by atoms with Crippen molar-refractivity contribution in [1.82, 2.24) is 0 Å². The van der Waals surface area contributed by atoms with Crippen LogP contribution in [0.1, 0.15) is 33.1 Å². The molecule has 0 bridgehead atoms. The first-order valence-corrected chi connectivity index (χ1v) is 4.72. The molecular weight excluding hydrogens is 168 g/mol. The van der Waals surface area contributed by atoms with Crippen molar-refractivity contribution in [2.75, 3.05) is 6.61 Å². The molecule has 0 radical (unpaired) electrons. The lowest BCUT2D eigenvalue weighted by molar-refractivity contribution is -0.153. The Hall–Kier alpha value is -0.830. The average molecular weight is 186 g/mol. The van der Waals surface area contributed by atoms with E-state index in [0.717, 1.165) is 6.42 Å². The first kappa shape index (κ1) is 12.2. The Labute approximate surface area is 79.4 Å². The third-order valence-corrected chi connectivity index (χ3v) is 1.57. The van der Waals surface area contributed by atoms with Crippen molar-refractivity contribution >= 4 is 5.97 Å². The number of esters is 1. The molecule has 0 aliphatic heterocycles. The summed E-state index contributed by atoms with van der Waals surface area (Å²) in [7, 11) is 0. The highest BCUT2D eigenvalue weighted by molar-refractivity contribution is 5.74. The predicted octanol–water partition coefficient (Wildman–Crippen LogP) is 1.66. The van der Waals surface area contributed by atoms with Crippen LogP contribution in [0.3, 0.4) is 0 Å². The standard InChI is InChI=1S/C10H18O3/c1-3-5-6-7-8-9(11)10(12)13-4-2/h5-6,9,11H,3-4,7-8H2,1-2H3. The smallest absolute Gasteiger partial charge is 0.334 e. The molecule has 0 rings (SSSR count). The van der Waals surface area contributed by atoms with Gasteiger partial charge in [0.15, 0.2) is 6.10 Å². The van der Waals surface area contributed by atoms with Crippen LogP contribution in [0.5, 0.6) is 0 Å². The highest BCUT2D eigenvalue weighted by Crippen LogP contribution is 2.01. The molecule has 76 valence electrons. The first-order valence-electron chi connectivity index (χ1n) is 4.72. The van der Waals surface area contributed by atoms with E-state index in [1.165, 1.54) is 0 Å². The summed E-state index contributed by atoms with van der Waals surface area (Å²) in [6.07, 6.45) is 5.14. The van der Waals surface area contributed by atoms with Crippen molar-refractivity contribution in [1.29, 1.82) is 0 Å². The van der Waals surface area contributed by atoms with Crippen molar-refractivity contribution in [2.45, 2.75) is 39.2 Å². The Bertz CT molecular complexity index is 164. The van der Waals surface area contributed by atoms with Gasteiger partial charge in [-0.3, -0.25) is 0 Å². The number of aliphatic hydroxyl groups excluding tert-OH is 1. The van der Waals surface area contributed by atoms with Gasteiger partial charge in [-0.2, -0.15) is 0 Å². The summed E-state index contributed by atoms with van der Waals surface area (Å²) >= 11 is 0. The van der Waals surface area contributed by atoms with Gasteiger partial charge in [0, 0.05) is 0 Å². The molecule has 0 aliphatic rings. The molecule has 0 spiro atoms. The Morgan fingerprint density at radius 3 is 2.69 bits per heavy atom. The molecule has 0 fully saturated rings. The second-order valence-corrected chi connectivity index (χ2v) is 2.72. The van der Waals surface area contributed by atoms with Crippen LogP contribution in [-0.4, -0.2) is 23.8 Å². The molecule has 0 saturated carbocycles. The summed E-state index contributed by atoms with van der Waals surface area (Å²) in [5.74, 6) is -0.521. The van der Waals surface area contributed by atoms with Crippen LogP contribution < -0.4 is 0 Å². The Morgan fingerprint density at radius 2 is 2.15 bits per heavy atom. The van der Waals surface area contributed by atoms with Gasteiger partial charge in [0.1, 0.15) is 0 Å². The van der Waals surface area contributed by atoms with Gasteiger partial charge in [-0.15, -0.1) is 0 Å². The normalized spacial score (nSPS) is 13.2. The van der Waals surface area contributed by atoms with Crippen LogP contribution in [0.15, 0.2) is 12.2 Å². The van der Waals surface area contributed by atoms with E-state index < -0.39 is 12.1 Å². The zero-order valence-electron chi connectivity index (χ0n) is 8.32. The molecule has 1 N–H and O–H groups in total. The number of ether oxygens (including phenoxy) is 1. The van der Waals surface area contributed by atoms with Gasteiger partial charge in [-0.05, 0) is 26.2 Å². The van der Waals surface area contributed by atoms with Gasteiger partial charge in [0.2, 0.25) is 0 Å². The van der Waals surface area contributed by atoms with Gasteiger partial charge >= 0.3 is 5.97 Å². The lowest BCUT2D eigenvalue weighted by atomic mass is 10.2. The first-order chi connectivity index (χ1) is 6.22. The Balaban J connectivity index is 3.55. The third-order valence-electron chi connectivity index (χ3n) is 1.57. The molecule has 0 aliphatic carbocycles. The largest absolute Gasteiger partial charge is 0.464 e. The number of carbonyl (C=O) groups excluding carboxylic acids is 1. The van der Waals surface area contributed by atoms with E-state index in [9.17, 15) is 9.90 Å². The number of aliphatic hydroxyl groups is 1. The van der Waals surface area contributed by atoms with E-state index in [1.54, 1.807) is 6.92 Å². The molecular formula is C10H18O3. The maximum Gasteiger partial charge on any atom is 0.334 e. The Morgan fingerprint density at radius 1 is 1.46 bits per heavy atom. The monoisotopic (exact) mass is 186 g/mol. The minimum absolute atomic E-state index is 0.320. The van der Waals surface area contributed by atoms with Gasteiger partial charge in [-0.25, -0.2) is 4.79 Å². The van der Waals surface area contributed by atoms with Crippen molar-refractivity contribution in [3.63, 3.8) is 0 Å². The number of carbonyl (C=O) groups is 1. The minimum Gasteiger partial charge on any atom is -0.464 e. The van der Waals surface area contributed by atoms with E-state index in [2.05, 4.69) is 4.74 Å². The minimum atomic E-state index is -0.971. The van der Waals surface area contributed by atoms with Crippen LogP contribution in [0, 0.1) is 0 Å². The van der Waals surface area contributed by atoms with E-state index in [4.69, 9.17) is 0 Å². The van der Waals surface area contributed by atoms with Crippen molar-refractivity contribution in [3.05, 3.63) is 12.2 Å². The zero-order chi connectivity index (χ0) is 10.1. The molecule has 3 nitrogen and oxygen atoms in total. The summed E-state index contributed by atoms with van der Waals surface area (Å²) in [4.78, 5) is 10.9. The van der Waals surface area contributed by atoms with E-state index >= 15 is 0 Å². The quantitative estimate of drug-likeness (QED) is 0.507. The van der Waals surface area contributed by atoms with Gasteiger partial charge in [-0.1, -0.05) is 19.1 Å². The molecule has 0 aromatic rings. The van der Waals surface area contributed by atoms with Crippen LogP contribution in [0.25, 0.3) is 0 Å². The number of hydrogen-bond acceptors (Lipinski definition) is 3. The highest BCUT2D eigenvalue weighted by Gasteiger charge is 2.14. The fraction of sp³-hybridized carbons (Fsp3) is 0.700. The van der Waals surface area contributed by atoms with Crippen molar-refractivity contribution in [2.24, 2.45) is 0 Å². The molecule has 1 atom stereocenters. The van der Waals surface area contributed by atoms with E-state index in [1.807, 2.05) is 19.1 Å². The van der Waals surface area contributed by atoms with Crippen LogP contribution in [-0.2, 0) is 9.53 Å². The summed E-state index contributed by atoms with van der Waals surface area (Å²) < 4.78 is 4.65. The average Bonchev–Trinajstić information content (AvgIpc) is 2.12. The fourth-order valence-corrected chi connectivity index (χ4v) is 0.895.